The molecule has 0 aliphatic rings. The molecule has 2 aromatic carbocycles. The number of ether oxygens (including phenoxy) is 1. The molecule has 0 aliphatic heterocycles. The third-order valence-corrected chi connectivity index (χ3v) is 4.04. The van der Waals surface area contributed by atoms with Crippen LogP contribution in [-0.4, -0.2) is 7.11 Å². The summed E-state index contributed by atoms with van der Waals surface area (Å²) < 4.78 is 18.9. The third kappa shape index (κ3) is 4.27. The number of hydrazine groups is 1. The van der Waals surface area contributed by atoms with Gasteiger partial charge in [-0.1, -0.05) is 18.2 Å². The predicted octanol–water partition coefficient (Wildman–Crippen LogP) is 3.73. The average Bonchev–Trinajstić information content (AvgIpc) is 2.52. The van der Waals surface area contributed by atoms with Crippen LogP contribution in [0.2, 0.25) is 0 Å². The lowest BCUT2D eigenvalue weighted by atomic mass is 9.99. The molecule has 0 spiro atoms. The van der Waals surface area contributed by atoms with Gasteiger partial charge in [-0.25, -0.2) is 4.39 Å². The molecule has 5 heteroatoms. The summed E-state index contributed by atoms with van der Waals surface area (Å²) in [5, 5.41) is 0. The van der Waals surface area contributed by atoms with E-state index in [1.54, 1.807) is 19.2 Å². The fourth-order valence-corrected chi connectivity index (χ4v) is 2.58. The molecule has 0 saturated carbocycles. The molecule has 1 atom stereocenters. The first kappa shape index (κ1) is 15.9. The fourth-order valence-electron chi connectivity index (χ4n) is 2.18. The molecule has 3 nitrogen and oxygen atoms in total. The second kappa shape index (κ2) is 7.54. The Kier molecular flexibility index (Phi) is 5.73. The van der Waals surface area contributed by atoms with Gasteiger partial charge in [-0.05, 0) is 64.2 Å². The van der Waals surface area contributed by atoms with E-state index in [1.807, 2.05) is 24.3 Å². The summed E-state index contributed by atoms with van der Waals surface area (Å²) in [6, 6.07) is 12.9. The minimum atomic E-state index is -0.273. The van der Waals surface area contributed by atoms with Crippen LogP contribution in [0.15, 0.2) is 46.9 Å². The van der Waals surface area contributed by atoms with Gasteiger partial charge in [0.25, 0.3) is 0 Å². The molecule has 3 N–H and O–H groups in total. The Morgan fingerprint density at radius 3 is 2.52 bits per heavy atom. The van der Waals surface area contributed by atoms with Gasteiger partial charge < -0.3 is 4.74 Å². The largest absolute Gasteiger partial charge is 0.497 e. The van der Waals surface area contributed by atoms with Gasteiger partial charge in [0, 0.05) is 6.04 Å². The smallest absolute Gasteiger partial charge is 0.137 e. The maximum absolute atomic E-state index is 13.3. The van der Waals surface area contributed by atoms with Crippen LogP contribution in [0.4, 0.5) is 4.39 Å². The SMILES string of the molecule is COc1ccc(CCC(NN)c2ccc(F)c(Br)c2)cc1. The third-order valence-electron chi connectivity index (χ3n) is 3.43. The summed E-state index contributed by atoms with van der Waals surface area (Å²) in [7, 11) is 1.65. The standard InChI is InChI=1S/C16H18BrFN2O/c1-21-13-6-2-11(3-7-13)4-9-16(20-19)12-5-8-15(18)14(17)10-12/h2-3,5-8,10,16,20H,4,9,19H2,1H3. The van der Waals surface area contributed by atoms with E-state index < -0.39 is 0 Å². The minimum Gasteiger partial charge on any atom is -0.497 e. The monoisotopic (exact) mass is 352 g/mol. The van der Waals surface area contributed by atoms with Crippen molar-refractivity contribution in [1.29, 1.82) is 0 Å². The van der Waals surface area contributed by atoms with Crippen molar-refractivity contribution < 1.29 is 9.13 Å². The van der Waals surface area contributed by atoms with E-state index in [-0.39, 0.29) is 11.9 Å². The molecule has 2 rings (SSSR count). The van der Waals surface area contributed by atoms with Crippen LogP contribution in [-0.2, 0) is 6.42 Å². The molecule has 0 radical (unpaired) electrons. The van der Waals surface area contributed by atoms with Gasteiger partial charge >= 0.3 is 0 Å². The van der Waals surface area contributed by atoms with Crippen molar-refractivity contribution in [2.24, 2.45) is 5.84 Å². The molecule has 0 fully saturated rings. The Morgan fingerprint density at radius 2 is 1.95 bits per heavy atom. The summed E-state index contributed by atoms with van der Waals surface area (Å²) in [5.74, 6) is 6.19. The Hall–Kier alpha value is -1.43. The minimum absolute atomic E-state index is 0.0241. The van der Waals surface area contributed by atoms with Gasteiger partial charge in [0.2, 0.25) is 0 Å². The first-order chi connectivity index (χ1) is 10.1. The van der Waals surface area contributed by atoms with Gasteiger partial charge in [-0.15, -0.1) is 0 Å². The Balaban J connectivity index is 2.02. The van der Waals surface area contributed by atoms with Gasteiger partial charge in [0.05, 0.1) is 11.6 Å². The van der Waals surface area contributed by atoms with Crippen molar-refractivity contribution in [3.8, 4) is 5.75 Å². The molecule has 112 valence electrons. The second-order valence-corrected chi connectivity index (χ2v) is 5.63. The zero-order valence-corrected chi connectivity index (χ0v) is 13.4. The molecule has 21 heavy (non-hydrogen) atoms. The summed E-state index contributed by atoms with van der Waals surface area (Å²) >= 11 is 3.20. The van der Waals surface area contributed by atoms with Crippen LogP contribution in [0.3, 0.4) is 0 Å². The average molecular weight is 353 g/mol. The van der Waals surface area contributed by atoms with E-state index in [2.05, 4.69) is 21.4 Å². The van der Waals surface area contributed by atoms with Crippen molar-refractivity contribution >= 4 is 15.9 Å². The topological polar surface area (TPSA) is 47.3 Å². The maximum atomic E-state index is 13.3. The van der Waals surface area contributed by atoms with Crippen LogP contribution in [0.1, 0.15) is 23.6 Å². The van der Waals surface area contributed by atoms with Gasteiger partial charge in [0.15, 0.2) is 0 Å². The van der Waals surface area contributed by atoms with E-state index in [1.165, 1.54) is 11.6 Å². The molecule has 1 unspecified atom stereocenters. The molecule has 2 aromatic rings. The van der Waals surface area contributed by atoms with Crippen LogP contribution < -0.4 is 16.0 Å². The fraction of sp³-hybridized carbons (Fsp3) is 0.250. The van der Waals surface area contributed by atoms with Gasteiger partial charge in [-0.3, -0.25) is 11.3 Å². The summed E-state index contributed by atoms with van der Waals surface area (Å²) in [6.45, 7) is 0. The van der Waals surface area contributed by atoms with E-state index in [0.717, 1.165) is 24.2 Å². The van der Waals surface area contributed by atoms with E-state index >= 15 is 0 Å². The maximum Gasteiger partial charge on any atom is 0.137 e. The van der Waals surface area contributed by atoms with Crippen LogP contribution in [0, 0.1) is 5.82 Å². The molecule has 0 amide bonds. The lowest BCUT2D eigenvalue weighted by molar-refractivity contribution is 0.414. The number of nitrogens with one attached hydrogen (secondary N) is 1. The van der Waals surface area contributed by atoms with Crippen molar-refractivity contribution in [2.45, 2.75) is 18.9 Å². The molecular weight excluding hydrogens is 335 g/mol. The lowest BCUT2D eigenvalue weighted by Gasteiger charge is -2.17. The molecule has 0 saturated heterocycles. The highest BCUT2D eigenvalue weighted by molar-refractivity contribution is 9.10. The predicted molar refractivity (Wildman–Crippen MR) is 85.5 cm³/mol. The highest BCUT2D eigenvalue weighted by Gasteiger charge is 2.11. The molecule has 0 bridgehead atoms. The first-order valence-corrected chi connectivity index (χ1v) is 7.47. The second-order valence-electron chi connectivity index (χ2n) is 4.78. The Bertz CT molecular complexity index is 589. The normalized spacial score (nSPS) is 12.2. The van der Waals surface area contributed by atoms with Gasteiger partial charge in [-0.2, -0.15) is 0 Å². The highest BCUT2D eigenvalue weighted by Crippen LogP contribution is 2.24. The quantitative estimate of drug-likeness (QED) is 0.615. The zero-order chi connectivity index (χ0) is 15.2. The van der Waals surface area contributed by atoms with E-state index in [9.17, 15) is 4.39 Å². The number of hydrogen-bond donors (Lipinski definition) is 2. The number of benzene rings is 2. The summed E-state index contributed by atoms with van der Waals surface area (Å²) in [5.41, 5.74) is 4.95. The number of nitrogens with two attached hydrogens (primary N) is 1. The summed E-state index contributed by atoms with van der Waals surface area (Å²) in [6.07, 6.45) is 1.69. The molecular formula is C16H18BrFN2O. The highest BCUT2D eigenvalue weighted by atomic mass is 79.9. The van der Waals surface area contributed by atoms with Crippen LogP contribution in [0.5, 0.6) is 5.75 Å². The van der Waals surface area contributed by atoms with Crippen LogP contribution in [0.25, 0.3) is 0 Å². The number of hydrogen-bond acceptors (Lipinski definition) is 3. The zero-order valence-electron chi connectivity index (χ0n) is 11.8. The molecule has 0 aromatic heterocycles. The van der Waals surface area contributed by atoms with Crippen molar-refractivity contribution in [2.75, 3.05) is 7.11 Å². The molecule has 0 aliphatic carbocycles. The Labute approximate surface area is 132 Å². The summed E-state index contributed by atoms with van der Waals surface area (Å²) in [4.78, 5) is 0. The van der Waals surface area contributed by atoms with E-state index in [4.69, 9.17) is 10.6 Å². The lowest BCUT2D eigenvalue weighted by Crippen LogP contribution is -2.28. The van der Waals surface area contributed by atoms with Crippen molar-refractivity contribution in [3.63, 3.8) is 0 Å². The first-order valence-electron chi connectivity index (χ1n) is 6.68. The number of halogens is 2. The number of methoxy groups -OCH3 is 1. The van der Waals surface area contributed by atoms with Crippen LogP contribution >= 0.6 is 15.9 Å². The molecule has 0 heterocycles. The van der Waals surface area contributed by atoms with Gasteiger partial charge in [0.1, 0.15) is 11.6 Å². The number of aryl methyl sites for hydroxylation is 1. The number of rotatable bonds is 6. The Morgan fingerprint density at radius 1 is 1.24 bits per heavy atom. The van der Waals surface area contributed by atoms with Crippen molar-refractivity contribution in [3.05, 3.63) is 63.9 Å². The van der Waals surface area contributed by atoms with E-state index in [0.29, 0.717) is 4.47 Å². The van der Waals surface area contributed by atoms with Crippen molar-refractivity contribution in [1.82, 2.24) is 5.43 Å².